The highest BCUT2D eigenvalue weighted by Gasteiger charge is 2.29. The van der Waals surface area contributed by atoms with E-state index < -0.39 is 0 Å². The standard InChI is InChI=1S/C14H19NO3/c1-17-11-4-2-3-10(7-11)8-13(16)14-6-5-12(9-15)18-14/h2-4,7,12,14H,5-6,8-9,15H2,1H3. The molecule has 2 rings (SSSR count). The second-order valence-electron chi connectivity index (χ2n) is 4.55. The molecule has 1 aromatic carbocycles. The SMILES string of the molecule is COc1cccc(CC(=O)C2CCC(CN)O2)c1. The van der Waals surface area contributed by atoms with Crippen LogP contribution in [0.3, 0.4) is 0 Å². The highest BCUT2D eigenvalue weighted by molar-refractivity contribution is 5.85. The van der Waals surface area contributed by atoms with Gasteiger partial charge in [-0.3, -0.25) is 4.79 Å². The molecule has 0 amide bonds. The summed E-state index contributed by atoms with van der Waals surface area (Å²) >= 11 is 0. The van der Waals surface area contributed by atoms with Crippen molar-refractivity contribution < 1.29 is 14.3 Å². The van der Waals surface area contributed by atoms with Crippen LogP contribution in [0, 0.1) is 0 Å². The third-order valence-corrected chi connectivity index (χ3v) is 3.24. The fourth-order valence-corrected chi connectivity index (χ4v) is 2.21. The summed E-state index contributed by atoms with van der Waals surface area (Å²) in [5.74, 6) is 0.895. The Kier molecular flexibility index (Phi) is 4.33. The van der Waals surface area contributed by atoms with Gasteiger partial charge in [0.05, 0.1) is 13.2 Å². The second kappa shape index (κ2) is 5.98. The van der Waals surface area contributed by atoms with Crippen molar-refractivity contribution in [3.05, 3.63) is 29.8 Å². The van der Waals surface area contributed by atoms with Crippen molar-refractivity contribution in [1.29, 1.82) is 0 Å². The van der Waals surface area contributed by atoms with Gasteiger partial charge < -0.3 is 15.2 Å². The van der Waals surface area contributed by atoms with E-state index in [4.69, 9.17) is 15.2 Å². The van der Waals surface area contributed by atoms with Crippen molar-refractivity contribution in [2.75, 3.05) is 13.7 Å². The Morgan fingerprint density at radius 2 is 2.33 bits per heavy atom. The summed E-state index contributed by atoms with van der Waals surface area (Å²) in [6.07, 6.45) is 1.81. The van der Waals surface area contributed by atoms with Crippen molar-refractivity contribution in [1.82, 2.24) is 0 Å². The van der Waals surface area contributed by atoms with Crippen LogP contribution in [0.5, 0.6) is 5.75 Å². The first-order valence-corrected chi connectivity index (χ1v) is 6.24. The maximum absolute atomic E-state index is 12.1. The highest BCUT2D eigenvalue weighted by atomic mass is 16.5. The third-order valence-electron chi connectivity index (χ3n) is 3.24. The van der Waals surface area contributed by atoms with Gasteiger partial charge in [-0.15, -0.1) is 0 Å². The van der Waals surface area contributed by atoms with Crippen LogP contribution < -0.4 is 10.5 Å². The molecular formula is C14H19NO3. The van der Waals surface area contributed by atoms with Gasteiger partial charge in [-0.2, -0.15) is 0 Å². The number of hydrogen-bond donors (Lipinski definition) is 1. The van der Waals surface area contributed by atoms with Crippen LogP contribution in [0.2, 0.25) is 0 Å². The lowest BCUT2D eigenvalue weighted by Gasteiger charge is -2.11. The Hall–Kier alpha value is -1.39. The van der Waals surface area contributed by atoms with E-state index in [1.54, 1.807) is 7.11 Å². The summed E-state index contributed by atoms with van der Waals surface area (Å²) in [5, 5.41) is 0. The number of hydrogen-bond acceptors (Lipinski definition) is 4. The number of ether oxygens (including phenoxy) is 2. The van der Waals surface area contributed by atoms with E-state index in [2.05, 4.69) is 0 Å². The van der Waals surface area contributed by atoms with E-state index in [9.17, 15) is 4.79 Å². The Bertz CT molecular complexity index is 419. The van der Waals surface area contributed by atoms with Crippen molar-refractivity contribution in [3.63, 3.8) is 0 Å². The molecular weight excluding hydrogens is 230 g/mol. The van der Waals surface area contributed by atoms with Crippen LogP contribution in [-0.4, -0.2) is 31.6 Å². The molecule has 18 heavy (non-hydrogen) atoms. The molecule has 1 aliphatic rings. The molecule has 0 aromatic heterocycles. The molecule has 0 bridgehead atoms. The average molecular weight is 249 g/mol. The van der Waals surface area contributed by atoms with Crippen LogP contribution in [0.1, 0.15) is 18.4 Å². The van der Waals surface area contributed by atoms with Gasteiger partial charge in [0.1, 0.15) is 11.9 Å². The topological polar surface area (TPSA) is 61.5 Å². The third kappa shape index (κ3) is 3.09. The minimum absolute atomic E-state index is 0.0456. The minimum atomic E-state index is -0.287. The smallest absolute Gasteiger partial charge is 0.165 e. The van der Waals surface area contributed by atoms with E-state index >= 15 is 0 Å². The van der Waals surface area contributed by atoms with Gasteiger partial charge in [0.2, 0.25) is 0 Å². The molecule has 1 heterocycles. The van der Waals surface area contributed by atoms with Crippen LogP contribution in [-0.2, 0) is 16.0 Å². The Balaban J connectivity index is 1.94. The number of rotatable bonds is 5. The molecule has 1 fully saturated rings. The van der Waals surface area contributed by atoms with Crippen LogP contribution >= 0.6 is 0 Å². The zero-order valence-electron chi connectivity index (χ0n) is 10.6. The molecule has 98 valence electrons. The molecule has 1 saturated heterocycles. The van der Waals surface area contributed by atoms with Gasteiger partial charge >= 0.3 is 0 Å². The van der Waals surface area contributed by atoms with E-state index in [0.717, 1.165) is 24.2 Å². The first kappa shape index (κ1) is 13.1. The maximum Gasteiger partial charge on any atom is 0.165 e. The largest absolute Gasteiger partial charge is 0.497 e. The molecule has 0 spiro atoms. The summed E-state index contributed by atoms with van der Waals surface area (Å²) in [6, 6.07) is 7.56. The quantitative estimate of drug-likeness (QED) is 0.854. The van der Waals surface area contributed by atoms with Gasteiger partial charge in [0.15, 0.2) is 5.78 Å². The first-order chi connectivity index (χ1) is 8.72. The van der Waals surface area contributed by atoms with Crippen molar-refractivity contribution in [3.8, 4) is 5.75 Å². The van der Waals surface area contributed by atoms with Gasteiger partial charge in [-0.05, 0) is 30.5 Å². The number of benzene rings is 1. The molecule has 1 aliphatic heterocycles. The summed E-state index contributed by atoms with van der Waals surface area (Å²) in [5.41, 5.74) is 6.49. The molecule has 4 nitrogen and oxygen atoms in total. The van der Waals surface area contributed by atoms with E-state index in [1.807, 2.05) is 24.3 Å². The molecule has 2 atom stereocenters. The summed E-state index contributed by atoms with van der Waals surface area (Å²) < 4.78 is 10.7. The number of carbonyl (C=O) groups excluding carboxylic acids is 1. The fraction of sp³-hybridized carbons (Fsp3) is 0.500. The second-order valence-corrected chi connectivity index (χ2v) is 4.55. The Morgan fingerprint density at radius 3 is 3.00 bits per heavy atom. The number of carbonyl (C=O) groups is 1. The number of methoxy groups -OCH3 is 1. The predicted molar refractivity (Wildman–Crippen MR) is 68.7 cm³/mol. The lowest BCUT2D eigenvalue weighted by molar-refractivity contribution is -0.128. The van der Waals surface area contributed by atoms with Crippen LogP contribution in [0.4, 0.5) is 0 Å². The van der Waals surface area contributed by atoms with Crippen LogP contribution in [0.15, 0.2) is 24.3 Å². The van der Waals surface area contributed by atoms with E-state index in [1.165, 1.54) is 0 Å². The predicted octanol–water partition coefficient (Wildman–Crippen LogP) is 1.31. The van der Waals surface area contributed by atoms with Crippen molar-refractivity contribution in [2.24, 2.45) is 5.73 Å². The fourth-order valence-electron chi connectivity index (χ4n) is 2.21. The highest BCUT2D eigenvalue weighted by Crippen LogP contribution is 2.21. The van der Waals surface area contributed by atoms with E-state index in [0.29, 0.717) is 13.0 Å². The number of nitrogens with two attached hydrogens (primary N) is 1. The Labute approximate surface area is 107 Å². The lowest BCUT2D eigenvalue weighted by Crippen LogP contribution is -2.26. The number of Topliss-reactive ketones (excluding diaryl/α,β-unsaturated/α-hetero) is 1. The zero-order chi connectivity index (χ0) is 13.0. The molecule has 0 saturated carbocycles. The molecule has 2 N–H and O–H groups in total. The van der Waals surface area contributed by atoms with E-state index in [-0.39, 0.29) is 18.0 Å². The van der Waals surface area contributed by atoms with Crippen molar-refractivity contribution >= 4 is 5.78 Å². The zero-order valence-corrected chi connectivity index (χ0v) is 10.6. The Morgan fingerprint density at radius 1 is 1.50 bits per heavy atom. The maximum atomic E-state index is 12.1. The molecule has 1 aromatic rings. The number of ketones is 1. The van der Waals surface area contributed by atoms with Gasteiger partial charge in [-0.25, -0.2) is 0 Å². The average Bonchev–Trinajstić information content (AvgIpc) is 2.88. The van der Waals surface area contributed by atoms with Gasteiger partial charge in [0, 0.05) is 13.0 Å². The molecule has 0 aliphatic carbocycles. The minimum Gasteiger partial charge on any atom is -0.497 e. The van der Waals surface area contributed by atoms with Crippen molar-refractivity contribution in [2.45, 2.75) is 31.5 Å². The summed E-state index contributed by atoms with van der Waals surface area (Å²) in [6.45, 7) is 0.489. The summed E-state index contributed by atoms with van der Waals surface area (Å²) in [4.78, 5) is 12.1. The molecule has 4 heteroatoms. The van der Waals surface area contributed by atoms with Gasteiger partial charge in [0.25, 0.3) is 0 Å². The molecule has 2 unspecified atom stereocenters. The monoisotopic (exact) mass is 249 g/mol. The first-order valence-electron chi connectivity index (χ1n) is 6.24. The molecule has 0 radical (unpaired) electrons. The van der Waals surface area contributed by atoms with Gasteiger partial charge in [-0.1, -0.05) is 12.1 Å². The van der Waals surface area contributed by atoms with Crippen LogP contribution in [0.25, 0.3) is 0 Å². The summed E-state index contributed by atoms with van der Waals surface area (Å²) in [7, 11) is 1.62. The normalized spacial score (nSPS) is 23.0. The lowest BCUT2D eigenvalue weighted by atomic mass is 10.0.